The molecule has 2 saturated heterocycles. The van der Waals surface area contributed by atoms with E-state index in [1.165, 1.54) is 6.07 Å². The van der Waals surface area contributed by atoms with Crippen molar-refractivity contribution in [2.24, 2.45) is 23.5 Å². The largest absolute Gasteiger partial charge is 0.446 e. The maximum atomic E-state index is 14.9. The molecule has 2 aromatic carbocycles. The number of carbonyl (C=O) groups is 2. The van der Waals surface area contributed by atoms with Crippen LogP contribution in [0.1, 0.15) is 71.3 Å². The molecule has 10 nitrogen and oxygen atoms in total. The summed E-state index contributed by atoms with van der Waals surface area (Å²) < 4.78 is 51.4. The number of piperidine rings is 1. The van der Waals surface area contributed by atoms with Crippen molar-refractivity contribution in [2.75, 3.05) is 44.2 Å². The van der Waals surface area contributed by atoms with Gasteiger partial charge >= 0.3 is 12.2 Å². The molecule has 2 aromatic rings. The number of likely N-dealkylation sites (tertiary alicyclic amines) is 1. The number of ether oxygens (including phenoxy) is 2. The zero-order chi connectivity index (χ0) is 35.0. The predicted octanol–water partition coefficient (Wildman–Crippen LogP) is 5.64. The second kappa shape index (κ2) is 14.1. The number of hydrogen-bond acceptors (Lipinski definition) is 8. The van der Waals surface area contributed by atoms with Crippen LogP contribution in [0, 0.1) is 23.6 Å². The van der Waals surface area contributed by atoms with Gasteiger partial charge in [-0.05, 0) is 127 Å². The van der Waals surface area contributed by atoms with Gasteiger partial charge in [-0.3, -0.25) is 0 Å². The summed E-state index contributed by atoms with van der Waals surface area (Å²) in [6.07, 6.45) is 3.63. The van der Waals surface area contributed by atoms with E-state index in [2.05, 4.69) is 15.1 Å². The van der Waals surface area contributed by atoms with E-state index in [1.54, 1.807) is 24.3 Å². The van der Waals surface area contributed by atoms with Gasteiger partial charge in [0.2, 0.25) is 0 Å². The Kier molecular flexibility index (Phi) is 10.2. The van der Waals surface area contributed by atoms with Crippen LogP contribution in [0.15, 0.2) is 53.4 Å². The van der Waals surface area contributed by atoms with Crippen molar-refractivity contribution >= 4 is 27.7 Å². The normalized spacial score (nSPS) is 23.8. The van der Waals surface area contributed by atoms with E-state index in [1.807, 2.05) is 39.0 Å². The molecule has 49 heavy (non-hydrogen) atoms. The number of rotatable bonds is 11. The predicted molar refractivity (Wildman–Crippen MR) is 186 cm³/mol. The van der Waals surface area contributed by atoms with Gasteiger partial charge in [0.15, 0.2) is 9.84 Å². The van der Waals surface area contributed by atoms with Gasteiger partial charge in [0, 0.05) is 49.1 Å². The summed E-state index contributed by atoms with van der Waals surface area (Å²) >= 11 is 0. The van der Waals surface area contributed by atoms with Crippen molar-refractivity contribution in [1.82, 2.24) is 10.2 Å². The number of sulfone groups is 1. The van der Waals surface area contributed by atoms with Crippen LogP contribution < -0.4 is 16.0 Å². The molecular formula is C37H51FN4O6S. The highest BCUT2D eigenvalue weighted by Crippen LogP contribution is 2.51. The molecule has 0 radical (unpaired) electrons. The molecule has 3 N–H and O–H groups in total. The Morgan fingerprint density at radius 1 is 0.980 bits per heavy atom. The van der Waals surface area contributed by atoms with E-state index in [0.29, 0.717) is 17.2 Å². The first-order chi connectivity index (χ1) is 23.2. The molecule has 6 rings (SSSR count). The number of carbonyl (C=O) groups excluding carboxylic acids is 2. The lowest BCUT2D eigenvalue weighted by molar-refractivity contribution is 0.00785. The molecule has 0 aromatic heterocycles. The SMILES string of the molecule is CC(C)(C)OC(=O)NC[C@@](c1cccc(F)c1)(C1CCN(CC2CN(c3ccc(S(=O)(=O)C4CC4)cc3)C2)CC1)[C@H]1CCC[C@@H]1OC(N)=O. The number of nitrogens with two attached hydrogens (primary N) is 1. The Bertz CT molecular complexity index is 1600. The quantitative estimate of drug-likeness (QED) is 0.309. The first kappa shape index (κ1) is 35.4. The maximum Gasteiger partial charge on any atom is 0.407 e. The number of amides is 2. The molecule has 2 aliphatic heterocycles. The fourth-order valence-corrected chi connectivity index (χ4v) is 10.2. The van der Waals surface area contributed by atoms with Crippen LogP contribution in [0.2, 0.25) is 0 Å². The molecule has 2 amide bonds. The van der Waals surface area contributed by atoms with E-state index in [4.69, 9.17) is 15.2 Å². The zero-order valence-electron chi connectivity index (χ0n) is 28.9. The van der Waals surface area contributed by atoms with Crippen molar-refractivity contribution in [3.8, 4) is 0 Å². The third-order valence-electron chi connectivity index (χ3n) is 11.0. The van der Waals surface area contributed by atoms with E-state index < -0.39 is 39.1 Å². The molecule has 4 fully saturated rings. The van der Waals surface area contributed by atoms with Crippen LogP contribution >= 0.6 is 0 Å². The number of anilines is 1. The molecule has 3 atom stereocenters. The second-order valence-corrected chi connectivity index (χ2v) is 17.7. The van der Waals surface area contributed by atoms with Gasteiger partial charge in [-0.1, -0.05) is 12.1 Å². The summed E-state index contributed by atoms with van der Waals surface area (Å²) in [7, 11) is -3.19. The topological polar surface area (TPSA) is 131 Å². The van der Waals surface area contributed by atoms with E-state index in [0.717, 1.165) is 82.5 Å². The minimum absolute atomic E-state index is 0.0749. The molecule has 0 spiro atoms. The number of alkyl carbamates (subject to hydrolysis) is 1. The smallest absolute Gasteiger partial charge is 0.407 e. The van der Waals surface area contributed by atoms with Crippen molar-refractivity contribution in [1.29, 1.82) is 0 Å². The van der Waals surface area contributed by atoms with Crippen LogP contribution in [0.3, 0.4) is 0 Å². The summed E-state index contributed by atoms with van der Waals surface area (Å²) in [6.45, 7) is 10.2. The Morgan fingerprint density at radius 3 is 2.29 bits per heavy atom. The number of primary amides is 1. The van der Waals surface area contributed by atoms with Gasteiger partial charge < -0.3 is 30.3 Å². The van der Waals surface area contributed by atoms with Crippen molar-refractivity contribution in [3.05, 3.63) is 59.9 Å². The summed E-state index contributed by atoms with van der Waals surface area (Å²) in [5.41, 5.74) is 5.97. The minimum Gasteiger partial charge on any atom is -0.446 e. The standard InChI is InChI=1S/C37H51FN4O6S/c1-36(2,3)48-35(44)40-24-37(27-6-4-7-28(38)20-27,32-8-5-9-33(32)47-34(39)43)26-16-18-41(19-17-26)21-25-22-42(23-25)29-10-12-30(13-11-29)49(45,46)31-14-15-31/h4,6-7,10-13,20,25-26,31-33H,5,8-9,14-19,21-24H2,1-3H3,(H2,39,43)(H,40,44)/t32-,33-,37-/m0/s1. The average Bonchev–Trinajstić information content (AvgIpc) is 3.80. The van der Waals surface area contributed by atoms with E-state index >= 15 is 0 Å². The number of nitrogens with one attached hydrogen (secondary N) is 1. The monoisotopic (exact) mass is 698 g/mol. The van der Waals surface area contributed by atoms with Crippen LogP contribution in [0.4, 0.5) is 19.7 Å². The number of benzene rings is 2. The molecule has 0 unspecified atom stereocenters. The molecule has 2 aliphatic carbocycles. The summed E-state index contributed by atoms with van der Waals surface area (Å²) in [4.78, 5) is 30.3. The van der Waals surface area contributed by atoms with Gasteiger partial charge in [0.25, 0.3) is 0 Å². The van der Waals surface area contributed by atoms with E-state index in [-0.39, 0.29) is 29.4 Å². The highest BCUT2D eigenvalue weighted by atomic mass is 32.2. The van der Waals surface area contributed by atoms with Crippen LogP contribution in [0.25, 0.3) is 0 Å². The fraction of sp³-hybridized carbons (Fsp3) is 0.622. The second-order valence-electron chi connectivity index (χ2n) is 15.5. The lowest BCUT2D eigenvalue weighted by Crippen LogP contribution is -2.57. The lowest BCUT2D eigenvalue weighted by atomic mass is 9.58. The Balaban J connectivity index is 1.15. The molecule has 2 heterocycles. The Morgan fingerprint density at radius 2 is 1.67 bits per heavy atom. The number of halogens is 1. The first-order valence-corrected chi connectivity index (χ1v) is 19.3. The van der Waals surface area contributed by atoms with Crippen molar-refractivity contribution in [2.45, 2.75) is 93.0 Å². The molecule has 268 valence electrons. The Hall–Kier alpha value is -3.38. The van der Waals surface area contributed by atoms with Gasteiger partial charge in [-0.2, -0.15) is 0 Å². The van der Waals surface area contributed by atoms with Gasteiger partial charge in [-0.15, -0.1) is 0 Å². The van der Waals surface area contributed by atoms with Crippen LogP contribution in [-0.2, 0) is 24.7 Å². The van der Waals surface area contributed by atoms with Gasteiger partial charge in [0.1, 0.15) is 17.5 Å². The summed E-state index contributed by atoms with van der Waals surface area (Å²) in [5, 5.41) is 2.83. The molecule has 0 bridgehead atoms. The van der Waals surface area contributed by atoms with Crippen LogP contribution in [0.5, 0.6) is 0 Å². The summed E-state index contributed by atoms with van der Waals surface area (Å²) in [6, 6.07) is 14.0. The Labute approximate surface area is 289 Å². The van der Waals surface area contributed by atoms with E-state index in [9.17, 15) is 22.4 Å². The van der Waals surface area contributed by atoms with Crippen molar-refractivity contribution in [3.63, 3.8) is 0 Å². The highest BCUT2D eigenvalue weighted by Gasteiger charge is 2.53. The van der Waals surface area contributed by atoms with Crippen molar-refractivity contribution < 1.29 is 31.9 Å². The molecule has 4 aliphatic rings. The third kappa shape index (κ3) is 8.01. The minimum atomic E-state index is -3.19. The maximum absolute atomic E-state index is 14.9. The van der Waals surface area contributed by atoms with Gasteiger partial charge in [-0.25, -0.2) is 22.4 Å². The molecule has 12 heteroatoms. The average molecular weight is 699 g/mol. The fourth-order valence-electron chi connectivity index (χ4n) is 8.56. The molecular weight excluding hydrogens is 647 g/mol. The third-order valence-corrected chi connectivity index (χ3v) is 13.2. The summed E-state index contributed by atoms with van der Waals surface area (Å²) in [5.74, 6) is 0.0529. The molecule has 2 saturated carbocycles. The van der Waals surface area contributed by atoms with Gasteiger partial charge in [0.05, 0.1) is 10.1 Å². The number of nitrogens with zero attached hydrogens (tertiary/aromatic N) is 2. The highest BCUT2D eigenvalue weighted by molar-refractivity contribution is 7.92. The number of hydrogen-bond donors (Lipinski definition) is 2. The first-order valence-electron chi connectivity index (χ1n) is 17.7. The van der Waals surface area contributed by atoms with Crippen LogP contribution in [-0.4, -0.2) is 81.7 Å². The zero-order valence-corrected chi connectivity index (χ0v) is 29.7. The lowest BCUT2D eigenvalue weighted by Gasteiger charge is -2.51.